The molecular weight excluding hydrogens is 166 g/mol. The Labute approximate surface area is 75.1 Å². The fraction of sp³-hybridized carbons (Fsp3) is 0.400. The van der Waals surface area contributed by atoms with E-state index in [1.165, 1.54) is 0 Å². The molecular formula is C5H8BN2OV. The molecule has 0 amide bonds. The molecule has 0 N–H and O–H groups in total. The fourth-order valence-electron chi connectivity index (χ4n) is 0.313. The second-order valence-electron chi connectivity index (χ2n) is 1.14. The number of hydrogen-bond acceptors (Lipinski definition) is 3. The van der Waals surface area contributed by atoms with E-state index in [2.05, 4.69) is 21.0 Å². The number of rotatable bonds is 1. The van der Waals surface area contributed by atoms with E-state index in [1.54, 1.807) is 0 Å². The van der Waals surface area contributed by atoms with Gasteiger partial charge in [0.1, 0.15) is 0 Å². The van der Waals surface area contributed by atoms with Crippen LogP contribution in [0.25, 0.3) is 0 Å². The van der Waals surface area contributed by atoms with Crippen molar-refractivity contribution in [2.75, 3.05) is 0 Å². The van der Waals surface area contributed by atoms with Gasteiger partial charge in [-0.05, 0) is 6.42 Å². The van der Waals surface area contributed by atoms with Gasteiger partial charge >= 0.3 is 18.6 Å². The summed E-state index contributed by atoms with van der Waals surface area (Å²) < 4.78 is 4.64. The molecule has 0 unspecified atom stereocenters. The molecule has 1 aromatic rings. The van der Waals surface area contributed by atoms with Crippen molar-refractivity contribution >= 4 is 8.41 Å². The van der Waals surface area contributed by atoms with Crippen molar-refractivity contribution in [2.24, 2.45) is 0 Å². The van der Waals surface area contributed by atoms with Gasteiger partial charge in [-0.15, -0.1) is 0 Å². The molecule has 1 aromatic heterocycles. The summed E-state index contributed by atoms with van der Waals surface area (Å²) in [6.45, 7) is 1.95. The minimum absolute atomic E-state index is 0. The second kappa shape index (κ2) is 8.79. The molecule has 52 valence electrons. The first-order valence-corrected chi connectivity index (χ1v) is 2.12. The quantitative estimate of drug-likeness (QED) is 0.459. The molecule has 0 aliphatic heterocycles. The summed E-state index contributed by atoms with van der Waals surface area (Å²) in [5, 5.41) is 6.91. The molecule has 1 rings (SSSR count). The molecule has 0 atom stereocenters. The van der Waals surface area contributed by atoms with Crippen LogP contribution in [0.4, 0.5) is 0 Å². The summed E-state index contributed by atoms with van der Waals surface area (Å²) in [6.07, 6.45) is 3.03. The van der Waals surface area contributed by atoms with Crippen molar-refractivity contribution in [2.45, 2.75) is 13.3 Å². The fourth-order valence-corrected chi connectivity index (χ4v) is 0.313. The minimum Gasteiger partial charge on any atom is -0.613 e. The van der Waals surface area contributed by atoms with Crippen LogP contribution < -0.4 is 0 Å². The van der Waals surface area contributed by atoms with Crippen molar-refractivity contribution in [1.29, 1.82) is 0 Å². The van der Waals surface area contributed by atoms with Crippen LogP contribution in [-0.4, -0.2) is 18.6 Å². The summed E-state index contributed by atoms with van der Waals surface area (Å²) in [5.74, 6) is 0.639. The Kier molecular flexibility index (Phi) is 14.4. The van der Waals surface area contributed by atoms with Crippen LogP contribution in [0.15, 0.2) is 4.42 Å². The van der Waals surface area contributed by atoms with Crippen LogP contribution in [0, 0.1) is 13.8 Å². The van der Waals surface area contributed by atoms with Crippen molar-refractivity contribution in [1.82, 2.24) is 10.2 Å². The van der Waals surface area contributed by atoms with Crippen LogP contribution in [-0.2, 0) is 25.0 Å². The van der Waals surface area contributed by atoms with E-state index in [-0.39, 0.29) is 34.4 Å². The summed E-state index contributed by atoms with van der Waals surface area (Å²) in [5.41, 5.74) is 0. The average molecular weight is 174 g/mol. The van der Waals surface area contributed by atoms with Gasteiger partial charge in [-0.2, -0.15) is 0 Å². The maximum Gasteiger partial charge on any atom is 2.00 e. The smallest absolute Gasteiger partial charge is 0.613 e. The van der Waals surface area contributed by atoms with Gasteiger partial charge in [-0.25, -0.2) is 10.2 Å². The van der Waals surface area contributed by atoms with Gasteiger partial charge in [-0.3, -0.25) is 0 Å². The predicted molar refractivity (Wildman–Crippen MR) is 34.7 cm³/mol. The number of aromatic nitrogens is 2. The summed E-state index contributed by atoms with van der Waals surface area (Å²) in [6, 6.07) is 0. The van der Waals surface area contributed by atoms with Gasteiger partial charge in [0.05, 0.1) is 12.3 Å². The topological polar surface area (TPSA) is 38.9 Å². The standard InChI is InChI=1S/C4H5N2O.CH3.B.V/c1-2-4-6-5-3-7-4;;;/h2H2,1H3;1H3;;/q2*-1;;+2. The van der Waals surface area contributed by atoms with Gasteiger partial charge in [0.25, 0.3) is 0 Å². The molecule has 0 spiro atoms. The third-order valence-corrected chi connectivity index (χ3v) is 0.668. The Morgan fingerprint density at radius 3 is 2.40 bits per heavy atom. The maximum absolute atomic E-state index is 4.64. The first-order chi connectivity index (χ1) is 3.43. The summed E-state index contributed by atoms with van der Waals surface area (Å²) in [7, 11) is 0. The van der Waals surface area contributed by atoms with Gasteiger partial charge in [0, 0.05) is 8.41 Å². The van der Waals surface area contributed by atoms with E-state index in [0.29, 0.717) is 5.89 Å². The first-order valence-electron chi connectivity index (χ1n) is 2.12. The zero-order chi connectivity index (χ0) is 5.11. The van der Waals surface area contributed by atoms with Crippen molar-refractivity contribution in [3.05, 3.63) is 19.7 Å². The Morgan fingerprint density at radius 1 is 1.60 bits per heavy atom. The Balaban J connectivity index is -0.000000163. The molecule has 0 aliphatic rings. The molecule has 10 heavy (non-hydrogen) atoms. The molecule has 0 bridgehead atoms. The SMILES string of the molecule is CCc1nn[c-]o1.[B].[CH3-].[V+2]. The van der Waals surface area contributed by atoms with Crippen LogP contribution >= 0.6 is 0 Å². The first kappa shape index (κ1) is 16.4. The molecule has 0 saturated heterocycles. The van der Waals surface area contributed by atoms with Crippen LogP contribution in [0.2, 0.25) is 0 Å². The number of aryl methyl sites for hydroxylation is 1. The van der Waals surface area contributed by atoms with E-state index in [9.17, 15) is 0 Å². The van der Waals surface area contributed by atoms with Crippen LogP contribution in [0.3, 0.4) is 0 Å². The minimum atomic E-state index is 0. The molecule has 1 heterocycles. The van der Waals surface area contributed by atoms with E-state index >= 15 is 0 Å². The normalized spacial score (nSPS) is 6.50. The summed E-state index contributed by atoms with van der Waals surface area (Å²) >= 11 is 0. The molecule has 0 saturated carbocycles. The van der Waals surface area contributed by atoms with Gasteiger partial charge in [0.2, 0.25) is 0 Å². The average Bonchev–Trinajstić information content (AvgIpc) is 2.14. The van der Waals surface area contributed by atoms with Gasteiger partial charge in [0.15, 0.2) is 0 Å². The molecule has 3 nitrogen and oxygen atoms in total. The van der Waals surface area contributed by atoms with Crippen molar-refractivity contribution in [3.8, 4) is 0 Å². The van der Waals surface area contributed by atoms with Crippen molar-refractivity contribution < 1.29 is 23.0 Å². The van der Waals surface area contributed by atoms with E-state index in [1.807, 2.05) is 6.92 Å². The van der Waals surface area contributed by atoms with Gasteiger partial charge in [-0.1, -0.05) is 6.92 Å². The number of hydrogen-bond donors (Lipinski definition) is 0. The molecule has 4 radical (unpaired) electrons. The molecule has 0 fully saturated rings. The van der Waals surface area contributed by atoms with Crippen LogP contribution in [0.5, 0.6) is 0 Å². The Bertz CT molecular complexity index is 134. The molecule has 0 aromatic carbocycles. The zero-order valence-corrected chi connectivity index (χ0v) is 7.43. The molecule has 5 heteroatoms. The second-order valence-corrected chi connectivity index (χ2v) is 1.14. The third-order valence-electron chi connectivity index (χ3n) is 0.668. The zero-order valence-electron chi connectivity index (χ0n) is 6.03. The van der Waals surface area contributed by atoms with Crippen molar-refractivity contribution in [3.63, 3.8) is 0 Å². The van der Waals surface area contributed by atoms with E-state index in [4.69, 9.17) is 0 Å². The monoisotopic (exact) mass is 174 g/mol. The largest absolute Gasteiger partial charge is 2.00 e. The third kappa shape index (κ3) is 4.65. The van der Waals surface area contributed by atoms with E-state index in [0.717, 1.165) is 6.42 Å². The van der Waals surface area contributed by atoms with E-state index < -0.39 is 0 Å². The summed E-state index contributed by atoms with van der Waals surface area (Å²) in [4.78, 5) is 0. The number of nitrogens with zero attached hydrogens (tertiary/aromatic N) is 2. The Morgan fingerprint density at radius 2 is 2.20 bits per heavy atom. The van der Waals surface area contributed by atoms with Crippen LogP contribution in [0.1, 0.15) is 12.8 Å². The Hall–Kier alpha value is -0.211. The maximum atomic E-state index is 4.64. The molecule has 0 aliphatic carbocycles. The predicted octanol–water partition coefficient (Wildman–Crippen LogP) is 0.499. The van der Waals surface area contributed by atoms with Gasteiger partial charge < -0.3 is 11.8 Å².